The SMILES string of the molecule is CCNCCNC(=O)c1c(C)nn(C)c1C. The highest BCUT2D eigenvalue weighted by Crippen LogP contribution is 2.10. The van der Waals surface area contributed by atoms with Gasteiger partial charge in [-0.05, 0) is 20.4 Å². The molecule has 0 radical (unpaired) electrons. The third kappa shape index (κ3) is 2.82. The number of nitrogens with one attached hydrogen (secondary N) is 2. The molecule has 0 aliphatic carbocycles. The summed E-state index contributed by atoms with van der Waals surface area (Å²) >= 11 is 0. The molecule has 0 unspecified atom stereocenters. The maximum Gasteiger partial charge on any atom is 0.255 e. The Morgan fingerprint density at radius 2 is 2.06 bits per heavy atom. The molecule has 0 saturated carbocycles. The van der Waals surface area contributed by atoms with E-state index in [1.807, 2.05) is 27.8 Å². The van der Waals surface area contributed by atoms with Gasteiger partial charge < -0.3 is 10.6 Å². The van der Waals surface area contributed by atoms with Crippen LogP contribution in [0.4, 0.5) is 0 Å². The number of hydrogen-bond acceptors (Lipinski definition) is 3. The fraction of sp³-hybridized carbons (Fsp3) is 0.636. The van der Waals surface area contributed by atoms with Gasteiger partial charge >= 0.3 is 0 Å². The van der Waals surface area contributed by atoms with Crippen LogP contribution in [-0.4, -0.2) is 35.3 Å². The Hall–Kier alpha value is -1.36. The van der Waals surface area contributed by atoms with Gasteiger partial charge in [0.05, 0.1) is 11.3 Å². The Morgan fingerprint density at radius 1 is 1.38 bits per heavy atom. The van der Waals surface area contributed by atoms with Crippen LogP contribution in [0.1, 0.15) is 28.7 Å². The van der Waals surface area contributed by atoms with Gasteiger partial charge in [-0.3, -0.25) is 9.48 Å². The van der Waals surface area contributed by atoms with E-state index < -0.39 is 0 Å². The number of aromatic nitrogens is 2. The molecule has 16 heavy (non-hydrogen) atoms. The molecule has 0 aromatic carbocycles. The molecule has 0 aliphatic heterocycles. The van der Waals surface area contributed by atoms with Crippen LogP contribution in [0, 0.1) is 13.8 Å². The van der Waals surface area contributed by atoms with Crippen molar-refractivity contribution < 1.29 is 4.79 Å². The second-order valence-corrected chi connectivity index (χ2v) is 3.78. The van der Waals surface area contributed by atoms with Crippen LogP contribution in [0.2, 0.25) is 0 Å². The van der Waals surface area contributed by atoms with Crippen molar-refractivity contribution in [1.29, 1.82) is 0 Å². The molecule has 1 amide bonds. The van der Waals surface area contributed by atoms with E-state index in [4.69, 9.17) is 0 Å². The first kappa shape index (κ1) is 12.7. The lowest BCUT2D eigenvalue weighted by molar-refractivity contribution is 0.0952. The van der Waals surface area contributed by atoms with Crippen molar-refractivity contribution in [1.82, 2.24) is 20.4 Å². The fourth-order valence-electron chi connectivity index (χ4n) is 1.63. The van der Waals surface area contributed by atoms with Crippen LogP contribution in [0.15, 0.2) is 0 Å². The molecule has 1 aromatic heterocycles. The van der Waals surface area contributed by atoms with Crippen molar-refractivity contribution in [3.63, 3.8) is 0 Å². The summed E-state index contributed by atoms with van der Waals surface area (Å²) in [6.45, 7) is 8.14. The van der Waals surface area contributed by atoms with Gasteiger partial charge in [0.25, 0.3) is 5.91 Å². The van der Waals surface area contributed by atoms with Crippen molar-refractivity contribution in [3.8, 4) is 0 Å². The first-order valence-corrected chi connectivity index (χ1v) is 5.57. The zero-order valence-corrected chi connectivity index (χ0v) is 10.4. The van der Waals surface area contributed by atoms with Crippen LogP contribution < -0.4 is 10.6 Å². The normalized spacial score (nSPS) is 10.5. The number of carbonyl (C=O) groups excluding carboxylic acids is 1. The number of aryl methyl sites for hydroxylation is 2. The van der Waals surface area contributed by atoms with Gasteiger partial charge in [-0.25, -0.2) is 0 Å². The molecule has 2 N–H and O–H groups in total. The summed E-state index contributed by atoms with van der Waals surface area (Å²) in [5, 5.41) is 10.2. The molecule has 90 valence electrons. The van der Waals surface area contributed by atoms with Crippen molar-refractivity contribution >= 4 is 5.91 Å². The molecule has 0 atom stereocenters. The molecule has 1 aromatic rings. The molecule has 0 bridgehead atoms. The minimum Gasteiger partial charge on any atom is -0.351 e. The largest absolute Gasteiger partial charge is 0.351 e. The smallest absolute Gasteiger partial charge is 0.255 e. The third-order valence-electron chi connectivity index (χ3n) is 2.57. The van der Waals surface area contributed by atoms with Crippen LogP contribution in [-0.2, 0) is 7.05 Å². The van der Waals surface area contributed by atoms with Crippen LogP contribution in [0.25, 0.3) is 0 Å². The number of carbonyl (C=O) groups is 1. The molecule has 1 heterocycles. The van der Waals surface area contributed by atoms with Crippen molar-refractivity contribution in [2.45, 2.75) is 20.8 Å². The zero-order chi connectivity index (χ0) is 12.1. The monoisotopic (exact) mass is 224 g/mol. The standard InChI is InChI=1S/C11H20N4O/c1-5-12-6-7-13-11(16)10-8(2)14-15(4)9(10)3/h12H,5-7H2,1-4H3,(H,13,16). The zero-order valence-electron chi connectivity index (χ0n) is 10.4. The Labute approximate surface area is 96.2 Å². The summed E-state index contributed by atoms with van der Waals surface area (Å²) in [5.41, 5.74) is 2.37. The lowest BCUT2D eigenvalue weighted by atomic mass is 10.2. The summed E-state index contributed by atoms with van der Waals surface area (Å²) in [6.07, 6.45) is 0. The van der Waals surface area contributed by atoms with E-state index in [2.05, 4.69) is 15.7 Å². The lowest BCUT2D eigenvalue weighted by Gasteiger charge is -2.05. The van der Waals surface area contributed by atoms with Gasteiger partial charge in [0.15, 0.2) is 0 Å². The highest BCUT2D eigenvalue weighted by Gasteiger charge is 2.16. The third-order valence-corrected chi connectivity index (χ3v) is 2.57. The molecule has 1 rings (SSSR count). The summed E-state index contributed by atoms with van der Waals surface area (Å²) in [5.74, 6) is -0.0407. The van der Waals surface area contributed by atoms with Gasteiger partial charge in [0.2, 0.25) is 0 Å². The summed E-state index contributed by atoms with van der Waals surface area (Å²) in [7, 11) is 1.84. The first-order valence-electron chi connectivity index (χ1n) is 5.57. The fourth-order valence-corrected chi connectivity index (χ4v) is 1.63. The topological polar surface area (TPSA) is 58.9 Å². The van der Waals surface area contributed by atoms with E-state index in [1.54, 1.807) is 4.68 Å². The molecule has 0 saturated heterocycles. The lowest BCUT2D eigenvalue weighted by Crippen LogP contribution is -2.32. The maximum atomic E-state index is 11.9. The van der Waals surface area contributed by atoms with Crippen LogP contribution in [0.3, 0.4) is 0 Å². The van der Waals surface area contributed by atoms with Crippen LogP contribution in [0.5, 0.6) is 0 Å². The average Bonchev–Trinajstić information content (AvgIpc) is 2.48. The Kier molecular flexibility index (Phi) is 4.49. The molecule has 0 fully saturated rings. The Bertz CT molecular complexity index is 370. The van der Waals surface area contributed by atoms with Gasteiger partial charge in [0, 0.05) is 25.8 Å². The van der Waals surface area contributed by atoms with E-state index in [0.717, 1.165) is 24.5 Å². The second kappa shape index (κ2) is 5.65. The number of amides is 1. The molecular weight excluding hydrogens is 204 g/mol. The molecular formula is C11H20N4O. The number of nitrogens with zero attached hydrogens (tertiary/aromatic N) is 2. The van der Waals surface area contributed by atoms with Gasteiger partial charge in [-0.15, -0.1) is 0 Å². The van der Waals surface area contributed by atoms with Crippen molar-refractivity contribution in [3.05, 3.63) is 17.0 Å². The quantitative estimate of drug-likeness (QED) is 0.711. The average molecular weight is 224 g/mol. The maximum absolute atomic E-state index is 11.9. The number of rotatable bonds is 5. The van der Waals surface area contributed by atoms with E-state index in [-0.39, 0.29) is 5.91 Å². The van der Waals surface area contributed by atoms with Crippen molar-refractivity contribution in [2.24, 2.45) is 7.05 Å². The first-order chi connectivity index (χ1) is 7.57. The van der Waals surface area contributed by atoms with Crippen LogP contribution >= 0.6 is 0 Å². The summed E-state index contributed by atoms with van der Waals surface area (Å²) < 4.78 is 1.73. The van der Waals surface area contributed by atoms with E-state index in [1.165, 1.54) is 0 Å². The molecule has 5 heteroatoms. The highest BCUT2D eigenvalue weighted by atomic mass is 16.1. The van der Waals surface area contributed by atoms with E-state index in [9.17, 15) is 4.79 Å². The number of likely N-dealkylation sites (N-methyl/N-ethyl adjacent to an activating group) is 1. The van der Waals surface area contributed by atoms with E-state index >= 15 is 0 Å². The highest BCUT2D eigenvalue weighted by molar-refractivity contribution is 5.96. The van der Waals surface area contributed by atoms with Gasteiger partial charge in [-0.2, -0.15) is 5.10 Å². The minimum atomic E-state index is -0.0407. The van der Waals surface area contributed by atoms with E-state index in [0.29, 0.717) is 12.1 Å². The summed E-state index contributed by atoms with van der Waals surface area (Å²) in [4.78, 5) is 11.9. The minimum absolute atomic E-state index is 0.0407. The second-order valence-electron chi connectivity index (χ2n) is 3.78. The Morgan fingerprint density at radius 3 is 2.56 bits per heavy atom. The molecule has 5 nitrogen and oxygen atoms in total. The summed E-state index contributed by atoms with van der Waals surface area (Å²) in [6, 6.07) is 0. The molecule has 0 spiro atoms. The predicted molar refractivity (Wildman–Crippen MR) is 63.6 cm³/mol. The molecule has 0 aliphatic rings. The van der Waals surface area contributed by atoms with Gasteiger partial charge in [0.1, 0.15) is 0 Å². The predicted octanol–water partition coefficient (Wildman–Crippen LogP) is 0.376. The van der Waals surface area contributed by atoms with Crippen molar-refractivity contribution in [2.75, 3.05) is 19.6 Å². The van der Waals surface area contributed by atoms with Gasteiger partial charge in [-0.1, -0.05) is 6.92 Å². The number of hydrogen-bond donors (Lipinski definition) is 2. The Balaban J connectivity index is 2.59.